The van der Waals surface area contributed by atoms with Crippen molar-refractivity contribution in [2.24, 2.45) is 0 Å². The number of fused-ring (bicyclic) bond motifs is 1. The molecule has 0 bridgehead atoms. The Morgan fingerprint density at radius 1 is 1.16 bits per heavy atom. The lowest BCUT2D eigenvalue weighted by Crippen LogP contribution is -2.02. The molecule has 0 spiro atoms. The Kier molecular flexibility index (Phi) is 3.17. The third-order valence-electron chi connectivity index (χ3n) is 2.90. The maximum absolute atomic E-state index is 13.6. The largest absolute Gasteiger partial charge is 0.454 e. The van der Waals surface area contributed by atoms with Crippen molar-refractivity contribution >= 4 is 17.3 Å². The number of hydrogen-bond acceptors (Lipinski definition) is 3. The first-order valence-corrected chi connectivity index (χ1v) is 6.18. The summed E-state index contributed by atoms with van der Waals surface area (Å²) in [6, 6.07) is 10.1. The highest BCUT2D eigenvalue weighted by Gasteiger charge is 2.13. The minimum Gasteiger partial charge on any atom is -0.454 e. The average molecular weight is 280 g/mol. The summed E-state index contributed by atoms with van der Waals surface area (Å²) < 4.78 is 24.1. The van der Waals surface area contributed by atoms with Crippen LogP contribution in [0.5, 0.6) is 11.5 Å². The average Bonchev–Trinajstić information content (AvgIpc) is 2.85. The molecule has 0 radical (unpaired) electrons. The first-order chi connectivity index (χ1) is 9.24. The van der Waals surface area contributed by atoms with Crippen LogP contribution in [-0.2, 0) is 6.54 Å². The lowest BCUT2D eigenvalue weighted by molar-refractivity contribution is 0.174. The van der Waals surface area contributed by atoms with Gasteiger partial charge in [0, 0.05) is 28.9 Å². The highest BCUT2D eigenvalue weighted by Crippen LogP contribution is 2.34. The first-order valence-electron chi connectivity index (χ1n) is 5.80. The van der Waals surface area contributed by atoms with Crippen molar-refractivity contribution in [2.75, 3.05) is 12.1 Å². The Morgan fingerprint density at radius 2 is 2.00 bits per heavy atom. The van der Waals surface area contributed by atoms with Gasteiger partial charge in [-0.2, -0.15) is 0 Å². The molecule has 3 nitrogen and oxygen atoms in total. The standard InChI is InChI=1S/C14H11ClFNO2/c15-11-2-1-3-12(16)10(11)7-17-9-4-5-13-14(6-9)19-8-18-13/h1-6,17H,7-8H2. The monoisotopic (exact) mass is 279 g/mol. The van der Waals surface area contributed by atoms with Crippen molar-refractivity contribution in [3.8, 4) is 11.5 Å². The van der Waals surface area contributed by atoms with Crippen LogP contribution in [0, 0.1) is 5.82 Å². The molecule has 0 atom stereocenters. The molecule has 1 N–H and O–H groups in total. The molecule has 1 aliphatic heterocycles. The van der Waals surface area contributed by atoms with Crippen LogP contribution in [0.3, 0.4) is 0 Å². The Balaban J connectivity index is 1.76. The van der Waals surface area contributed by atoms with Crippen molar-refractivity contribution < 1.29 is 13.9 Å². The van der Waals surface area contributed by atoms with Gasteiger partial charge in [0.25, 0.3) is 0 Å². The third-order valence-corrected chi connectivity index (χ3v) is 3.26. The second kappa shape index (κ2) is 4.97. The number of benzene rings is 2. The summed E-state index contributed by atoms with van der Waals surface area (Å²) in [5.41, 5.74) is 1.27. The van der Waals surface area contributed by atoms with Gasteiger partial charge in [0.15, 0.2) is 11.5 Å². The molecule has 0 amide bonds. The predicted octanol–water partition coefficient (Wildman–Crippen LogP) is 3.82. The van der Waals surface area contributed by atoms with Gasteiger partial charge < -0.3 is 14.8 Å². The molecule has 0 aromatic heterocycles. The van der Waals surface area contributed by atoms with Gasteiger partial charge in [-0.05, 0) is 24.3 Å². The summed E-state index contributed by atoms with van der Waals surface area (Å²) in [5, 5.41) is 3.52. The molecule has 3 rings (SSSR count). The molecule has 5 heteroatoms. The molecule has 1 heterocycles. The van der Waals surface area contributed by atoms with E-state index < -0.39 is 0 Å². The van der Waals surface area contributed by atoms with E-state index in [0.717, 1.165) is 11.4 Å². The highest BCUT2D eigenvalue weighted by atomic mass is 35.5. The summed E-state index contributed by atoms with van der Waals surface area (Å²) in [6.45, 7) is 0.545. The Labute approximate surface area is 114 Å². The molecule has 2 aromatic rings. The van der Waals surface area contributed by atoms with E-state index in [4.69, 9.17) is 21.1 Å². The summed E-state index contributed by atoms with van der Waals surface area (Å²) in [7, 11) is 0. The van der Waals surface area contributed by atoms with Crippen LogP contribution in [0.25, 0.3) is 0 Å². The smallest absolute Gasteiger partial charge is 0.231 e. The van der Waals surface area contributed by atoms with E-state index in [1.165, 1.54) is 6.07 Å². The number of hydrogen-bond donors (Lipinski definition) is 1. The summed E-state index contributed by atoms with van der Waals surface area (Å²) in [4.78, 5) is 0. The molecule has 19 heavy (non-hydrogen) atoms. The van der Waals surface area contributed by atoms with Gasteiger partial charge in [-0.3, -0.25) is 0 Å². The number of nitrogens with one attached hydrogen (secondary N) is 1. The van der Waals surface area contributed by atoms with Crippen LogP contribution in [0.4, 0.5) is 10.1 Å². The van der Waals surface area contributed by atoms with Crippen molar-refractivity contribution in [3.63, 3.8) is 0 Å². The van der Waals surface area contributed by atoms with Gasteiger partial charge in [0.05, 0.1) is 0 Å². The second-order valence-corrected chi connectivity index (χ2v) is 4.53. The van der Waals surface area contributed by atoms with E-state index >= 15 is 0 Å². The predicted molar refractivity (Wildman–Crippen MR) is 71.3 cm³/mol. The van der Waals surface area contributed by atoms with Crippen LogP contribution in [0.1, 0.15) is 5.56 Å². The van der Waals surface area contributed by atoms with Gasteiger partial charge in [0.1, 0.15) is 5.82 Å². The molecule has 2 aromatic carbocycles. The molecule has 98 valence electrons. The van der Waals surface area contributed by atoms with Crippen molar-refractivity contribution in [2.45, 2.75) is 6.54 Å². The Hall–Kier alpha value is -1.94. The molecule has 1 aliphatic rings. The number of rotatable bonds is 3. The third kappa shape index (κ3) is 2.44. The lowest BCUT2D eigenvalue weighted by Gasteiger charge is -2.09. The molecular formula is C14H11ClFNO2. The van der Waals surface area contributed by atoms with E-state index in [0.29, 0.717) is 22.9 Å². The topological polar surface area (TPSA) is 30.5 Å². The molecule has 0 aliphatic carbocycles. The highest BCUT2D eigenvalue weighted by molar-refractivity contribution is 6.31. The zero-order valence-corrected chi connectivity index (χ0v) is 10.7. The fraction of sp³-hybridized carbons (Fsp3) is 0.143. The Morgan fingerprint density at radius 3 is 2.84 bits per heavy atom. The molecule has 0 fully saturated rings. The van der Waals surface area contributed by atoms with E-state index in [2.05, 4.69) is 5.32 Å². The zero-order chi connectivity index (χ0) is 13.2. The normalized spacial score (nSPS) is 12.5. The van der Waals surface area contributed by atoms with E-state index in [1.54, 1.807) is 12.1 Å². The van der Waals surface area contributed by atoms with Gasteiger partial charge >= 0.3 is 0 Å². The second-order valence-electron chi connectivity index (χ2n) is 4.12. The van der Waals surface area contributed by atoms with Gasteiger partial charge in [-0.25, -0.2) is 4.39 Å². The van der Waals surface area contributed by atoms with Crippen LogP contribution in [0.15, 0.2) is 36.4 Å². The zero-order valence-electron chi connectivity index (χ0n) is 9.95. The van der Waals surface area contributed by atoms with Gasteiger partial charge in [-0.1, -0.05) is 17.7 Å². The first kappa shape index (κ1) is 12.1. The quantitative estimate of drug-likeness (QED) is 0.926. The fourth-order valence-corrected chi connectivity index (χ4v) is 2.13. The number of ether oxygens (including phenoxy) is 2. The Bertz CT molecular complexity index is 598. The molecule has 0 saturated heterocycles. The summed E-state index contributed by atoms with van der Waals surface area (Å²) in [6.07, 6.45) is 0. The van der Waals surface area contributed by atoms with Gasteiger partial charge in [-0.15, -0.1) is 0 Å². The minimum atomic E-state index is -0.319. The SMILES string of the molecule is Fc1cccc(Cl)c1CNc1ccc2c(c1)OCO2. The minimum absolute atomic E-state index is 0.234. The molecule has 0 saturated carbocycles. The van der Waals surface area contributed by atoms with Crippen LogP contribution < -0.4 is 14.8 Å². The van der Waals surface area contributed by atoms with Crippen LogP contribution in [-0.4, -0.2) is 6.79 Å². The maximum Gasteiger partial charge on any atom is 0.231 e. The van der Waals surface area contributed by atoms with Crippen molar-refractivity contribution in [1.29, 1.82) is 0 Å². The van der Waals surface area contributed by atoms with Crippen LogP contribution >= 0.6 is 11.6 Å². The van der Waals surface area contributed by atoms with E-state index in [1.807, 2.05) is 18.2 Å². The number of anilines is 1. The van der Waals surface area contributed by atoms with Gasteiger partial charge in [0.2, 0.25) is 6.79 Å². The van der Waals surface area contributed by atoms with Crippen molar-refractivity contribution in [1.82, 2.24) is 0 Å². The van der Waals surface area contributed by atoms with Crippen LogP contribution in [0.2, 0.25) is 5.02 Å². The fourth-order valence-electron chi connectivity index (χ4n) is 1.90. The molecular weight excluding hydrogens is 269 g/mol. The van der Waals surface area contributed by atoms with E-state index in [-0.39, 0.29) is 12.6 Å². The molecule has 0 unspecified atom stereocenters. The lowest BCUT2D eigenvalue weighted by atomic mass is 10.2. The number of halogens is 2. The van der Waals surface area contributed by atoms with E-state index in [9.17, 15) is 4.39 Å². The maximum atomic E-state index is 13.6. The summed E-state index contributed by atoms with van der Waals surface area (Å²) in [5.74, 6) is 1.08. The van der Waals surface area contributed by atoms with Crippen molar-refractivity contribution in [3.05, 3.63) is 52.8 Å². The summed E-state index contributed by atoms with van der Waals surface area (Å²) >= 11 is 5.96.